The predicted octanol–water partition coefficient (Wildman–Crippen LogP) is 4.05. The van der Waals surface area contributed by atoms with E-state index in [4.69, 9.17) is 9.84 Å². The Balaban J connectivity index is 1.52. The number of halogens is 4. The van der Waals surface area contributed by atoms with Gasteiger partial charge >= 0.3 is 6.18 Å². The summed E-state index contributed by atoms with van der Waals surface area (Å²) in [4.78, 5) is 4.95. The molecular weight excluding hydrogens is 432 g/mol. The monoisotopic (exact) mass is 456 g/mol. The molecule has 168 valence electrons. The lowest BCUT2D eigenvalue weighted by Gasteiger charge is -2.34. The third-order valence-corrected chi connectivity index (χ3v) is 6.92. The Hall–Kier alpha value is -1.81. The summed E-state index contributed by atoms with van der Waals surface area (Å²) in [6.45, 7) is 5.14. The van der Waals surface area contributed by atoms with Crippen LogP contribution in [-0.4, -0.2) is 72.2 Å². The molecule has 1 unspecified atom stereocenters. The van der Waals surface area contributed by atoms with Crippen molar-refractivity contribution in [2.24, 2.45) is 0 Å². The number of fused-ring (bicyclic) bond motifs is 1. The van der Waals surface area contributed by atoms with Crippen LogP contribution in [0.1, 0.15) is 12.0 Å². The number of alkyl halides is 3. The summed E-state index contributed by atoms with van der Waals surface area (Å²) in [5.74, 6) is 0.189. The Kier molecular flexibility index (Phi) is 6.76. The van der Waals surface area contributed by atoms with E-state index in [1.165, 1.54) is 18.2 Å². The molecule has 1 N–H and O–H groups in total. The number of hydrogen-bond acceptors (Lipinski definition) is 5. The topological polar surface area (TPSA) is 35.9 Å². The average molecular weight is 457 g/mol. The number of β-amino-alcohol motifs (C(OH)–C–C–N with tert-alkyl or cyclic N) is 1. The molecule has 4 rings (SSSR count). The van der Waals surface area contributed by atoms with Gasteiger partial charge in [0, 0.05) is 50.9 Å². The van der Waals surface area contributed by atoms with Crippen LogP contribution in [0.5, 0.6) is 5.75 Å². The summed E-state index contributed by atoms with van der Waals surface area (Å²) in [6, 6.07) is 4.13. The van der Waals surface area contributed by atoms with Crippen molar-refractivity contribution in [3.8, 4) is 5.75 Å². The van der Waals surface area contributed by atoms with Crippen LogP contribution >= 0.6 is 11.8 Å². The first kappa shape index (κ1) is 22.4. The molecule has 1 atom stereocenters. The van der Waals surface area contributed by atoms with Gasteiger partial charge in [0.2, 0.25) is 0 Å². The minimum Gasteiger partial charge on any atom is -0.455 e. The van der Waals surface area contributed by atoms with Crippen LogP contribution in [0.2, 0.25) is 0 Å². The van der Waals surface area contributed by atoms with E-state index in [1.807, 2.05) is 6.08 Å². The van der Waals surface area contributed by atoms with Gasteiger partial charge in [-0.15, -0.1) is 11.8 Å². The van der Waals surface area contributed by atoms with Crippen LogP contribution in [-0.2, 0) is 0 Å². The van der Waals surface area contributed by atoms with Gasteiger partial charge in [-0.2, -0.15) is 13.2 Å². The van der Waals surface area contributed by atoms with Crippen molar-refractivity contribution in [3.05, 3.63) is 58.5 Å². The Morgan fingerprint density at radius 2 is 1.84 bits per heavy atom. The summed E-state index contributed by atoms with van der Waals surface area (Å²) in [5.41, 5.74) is 1.27. The molecule has 3 heterocycles. The molecule has 31 heavy (non-hydrogen) atoms. The van der Waals surface area contributed by atoms with Crippen molar-refractivity contribution in [1.29, 1.82) is 0 Å². The molecule has 0 aliphatic carbocycles. The van der Waals surface area contributed by atoms with Crippen molar-refractivity contribution in [3.63, 3.8) is 0 Å². The van der Waals surface area contributed by atoms with E-state index in [-0.39, 0.29) is 6.61 Å². The van der Waals surface area contributed by atoms with Crippen LogP contribution in [0.3, 0.4) is 0 Å². The van der Waals surface area contributed by atoms with Gasteiger partial charge in [-0.05, 0) is 30.2 Å². The Labute approximate surface area is 182 Å². The second-order valence-electron chi connectivity index (χ2n) is 7.69. The van der Waals surface area contributed by atoms with E-state index in [0.29, 0.717) is 40.5 Å². The first-order chi connectivity index (χ1) is 14.8. The van der Waals surface area contributed by atoms with Gasteiger partial charge in [0.1, 0.15) is 22.6 Å². The van der Waals surface area contributed by atoms with Crippen molar-refractivity contribution in [1.82, 2.24) is 9.80 Å². The number of rotatable bonds is 5. The molecule has 0 radical (unpaired) electrons. The molecule has 3 aliphatic rings. The number of aliphatic hydroxyl groups excluding tert-OH is 1. The van der Waals surface area contributed by atoms with E-state index >= 15 is 0 Å². The van der Waals surface area contributed by atoms with E-state index in [1.54, 1.807) is 6.07 Å². The van der Waals surface area contributed by atoms with Crippen LogP contribution in [0.4, 0.5) is 17.6 Å². The number of hydrogen-bond donors (Lipinski definition) is 1. The second kappa shape index (κ2) is 9.36. The maximum Gasteiger partial charge on any atom is 0.404 e. The third-order valence-electron chi connectivity index (χ3n) is 5.59. The zero-order valence-corrected chi connectivity index (χ0v) is 17.7. The number of nitrogens with zero attached hydrogens (tertiary/aromatic N) is 2. The molecule has 1 saturated heterocycles. The van der Waals surface area contributed by atoms with Crippen molar-refractivity contribution in [2.75, 3.05) is 45.9 Å². The van der Waals surface area contributed by atoms with E-state index in [9.17, 15) is 17.6 Å². The minimum atomic E-state index is -4.36. The van der Waals surface area contributed by atoms with E-state index in [0.717, 1.165) is 50.6 Å². The summed E-state index contributed by atoms with van der Waals surface area (Å²) >= 11 is 0.727. The van der Waals surface area contributed by atoms with Gasteiger partial charge in [-0.1, -0.05) is 12.2 Å². The molecule has 4 nitrogen and oxygen atoms in total. The molecule has 0 saturated carbocycles. The molecule has 3 aliphatic heterocycles. The number of ether oxygens (including phenoxy) is 1. The standard InChI is InChI=1S/C22H24F4N2O2S/c23-15-3-4-16-17(2-1-7-27-8-10-28(11-9-27)12-13-29)21-18(30-19(16)14-15)5-6-20(31-21)22(24,25)26/h2-6,14,20,29H,1,7-13H2. The summed E-state index contributed by atoms with van der Waals surface area (Å²) < 4.78 is 59.4. The van der Waals surface area contributed by atoms with Crippen molar-refractivity contribution >= 4 is 17.3 Å². The van der Waals surface area contributed by atoms with Crippen molar-refractivity contribution in [2.45, 2.75) is 17.8 Å². The maximum absolute atomic E-state index is 13.7. The number of allylic oxidation sites excluding steroid dienone is 2. The summed E-state index contributed by atoms with van der Waals surface area (Å²) in [5, 5.41) is 7.41. The molecule has 1 aromatic carbocycles. The summed E-state index contributed by atoms with van der Waals surface area (Å²) in [7, 11) is 0. The fourth-order valence-corrected chi connectivity index (χ4v) is 5.03. The molecular formula is C22H24F4N2O2S. The zero-order valence-electron chi connectivity index (χ0n) is 16.9. The Morgan fingerprint density at radius 3 is 2.52 bits per heavy atom. The fourth-order valence-electron chi connectivity index (χ4n) is 3.94. The molecule has 0 bridgehead atoms. The Bertz CT molecular complexity index is 905. The third kappa shape index (κ3) is 5.16. The van der Waals surface area contributed by atoms with Crippen LogP contribution in [0.25, 0.3) is 5.57 Å². The highest BCUT2D eigenvalue weighted by molar-refractivity contribution is 8.04. The van der Waals surface area contributed by atoms with Crippen LogP contribution in [0, 0.1) is 5.82 Å². The molecule has 1 fully saturated rings. The smallest absolute Gasteiger partial charge is 0.404 e. The molecule has 0 aromatic heterocycles. The number of benzene rings is 1. The number of piperazine rings is 1. The quantitative estimate of drug-likeness (QED) is 0.677. The SMILES string of the molecule is OCCN1CCN(CCC=C2C3=C(C=CC(C(F)(F)F)S3)Oc3cc(F)ccc32)CC1. The summed E-state index contributed by atoms with van der Waals surface area (Å²) in [6.07, 6.45) is 0.656. The number of aliphatic hydroxyl groups is 1. The molecule has 0 amide bonds. The fraction of sp³-hybridized carbons (Fsp3) is 0.455. The van der Waals surface area contributed by atoms with Gasteiger partial charge in [-0.25, -0.2) is 4.39 Å². The highest BCUT2D eigenvalue weighted by Gasteiger charge is 2.42. The first-order valence-electron chi connectivity index (χ1n) is 10.2. The molecule has 0 spiro atoms. The highest BCUT2D eigenvalue weighted by atomic mass is 32.2. The largest absolute Gasteiger partial charge is 0.455 e. The van der Waals surface area contributed by atoms with Crippen LogP contribution in [0.15, 0.2) is 47.1 Å². The minimum absolute atomic E-state index is 0.149. The maximum atomic E-state index is 13.7. The molecule has 1 aromatic rings. The molecule has 9 heteroatoms. The lowest BCUT2D eigenvalue weighted by molar-refractivity contribution is -0.120. The lowest BCUT2D eigenvalue weighted by atomic mass is 9.99. The second-order valence-corrected chi connectivity index (χ2v) is 8.84. The lowest BCUT2D eigenvalue weighted by Crippen LogP contribution is -2.47. The van der Waals surface area contributed by atoms with Gasteiger partial charge < -0.3 is 14.7 Å². The Morgan fingerprint density at radius 1 is 1.13 bits per heavy atom. The van der Waals surface area contributed by atoms with Gasteiger partial charge in [0.05, 0.1) is 11.5 Å². The van der Waals surface area contributed by atoms with Crippen LogP contribution < -0.4 is 4.74 Å². The van der Waals surface area contributed by atoms with Gasteiger partial charge in [-0.3, -0.25) is 4.90 Å². The first-order valence-corrected chi connectivity index (χ1v) is 11.1. The predicted molar refractivity (Wildman–Crippen MR) is 113 cm³/mol. The van der Waals surface area contributed by atoms with Gasteiger partial charge in [0.15, 0.2) is 0 Å². The number of thioether (sulfide) groups is 1. The van der Waals surface area contributed by atoms with E-state index in [2.05, 4.69) is 9.80 Å². The average Bonchev–Trinajstić information content (AvgIpc) is 2.73. The zero-order chi connectivity index (χ0) is 22.0. The normalized spacial score (nSPS) is 23.6. The highest BCUT2D eigenvalue weighted by Crippen LogP contribution is 2.50. The van der Waals surface area contributed by atoms with E-state index < -0.39 is 17.2 Å². The van der Waals surface area contributed by atoms with Gasteiger partial charge in [0.25, 0.3) is 0 Å². The van der Waals surface area contributed by atoms with Crippen molar-refractivity contribution < 1.29 is 27.4 Å².